The van der Waals surface area contributed by atoms with E-state index in [-0.39, 0.29) is 16.5 Å². The van der Waals surface area contributed by atoms with Crippen molar-refractivity contribution in [1.29, 1.82) is 5.41 Å². The van der Waals surface area contributed by atoms with Gasteiger partial charge in [-0.25, -0.2) is 8.91 Å². The fraction of sp³-hybridized carbons (Fsp3) is 0.654. The van der Waals surface area contributed by atoms with Gasteiger partial charge in [0, 0.05) is 62.5 Å². The monoisotopic (exact) mass is 513 g/mol. The molecular weight excluding hydrogens is 477 g/mol. The van der Waals surface area contributed by atoms with Gasteiger partial charge < -0.3 is 19.6 Å². The minimum atomic E-state index is -1.13. The van der Waals surface area contributed by atoms with E-state index in [0.717, 1.165) is 98.6 Å². The quantitative estimate of drug-likeness (QED) is 0.487. The summed E-state index contributed by atoms with van der Waals surface area (Å²) in [5, 5.41) is 13.6. The van der Waals surface area contributed by atoms with Gasteiger partial charge in [0.15, 0.2) is 5.17 Å². The van der Waals surface area contributed by atoms with Crippen LogP contribution in [0.2, 0.25) is 0 Å². The molecule has 3 aliphatic heterocycles. The number of hydrogen-bond acceptors (Lipinski definition) is 6. The molecule has 0 radical (unpaired) electrons. The van der Waals surface area contributed by atoms with Gasteiger partial charge >= 0.3 is 0 Å². The third-order valence-electron chi connectivity index (χ3n) is 8.30. The third-order valence-corrected chi connectivity index (χ3v) is 9.12. The highest BCUT2D eigenvalue weighted by Gasteiger charge is 2.54. The number of alkyl halides is 1. The highest BCUT2D eigenvalue weighted by molar-refractivity contribution is 8.14. The fourth-order valence-electron chi connectivity index (χ4n) is 6.25. The lowest BCUT2D eigenvalue weighted by Gasteiger charge is -2.61. The van der Waals surface area contributed by atoms with E-state index in [0.29, 0.717) is 11.8 Å². The summed E-state index contributed by atoms with van der Waals surface area (Å²) in [5.74, 6) is 0.920. The number of amides is 1. The van der Waals surface area contributed by atoms with Crippen molar-refractivity contribution < 1.29 is 9.18 Å². The molecule has 1 spiro atoms. The maximum atomic E-state index is 13.7. The Labute approximate surface area is 216 Å². The van der Waals surface area contributed by atoms with Gasteiger partial charge in [-0.2, -0.15) is 5.10 Å². The largest absolute Gasteiger partial charge is 0.370 e. The van der Waals surface area contributed by atoms with Crippen molar-refractivity contribution in [1.82, 2.24) is 19.4 Å². The number of amidine groups is 1. The van der Waals surface area contributed by atoms with E-state index in [1.54, 1.807) is 4.90 Å². The second kappa shape index (κ2) is 8.62. The summed E-state index contributed by atoms with van der Waals surface area (Å²) in [4.78, 5) is 21.4. The van der Waals surface area contributed by atoms with E-state index in [1.807, 2.05) is 11.6 Å². The molecule has 5 heterocycles. The first kappa shape index (κ1) is 24.0. The second-order valence-corrected chi connectivity index (χ2v) is 12.8. The Morgan fingerprint density at radius 2 is 1.97 bits per heavy atom. The van der Waals surface area contributed by atoms with Crippen molar-refractivity contribution >= 4 is 39.7 Å². The number of nitrogens with one attached hydrogen (secondary N) is 1. The first-order valence-electron chi connectivity index (χ1n) is 13.0. The molecule has 1 aliphatic carbocycles. The number of likely N-dealkylation sites (tertiary alicyclic amines) is 2. The molecular formula is C26H36FN7OS. The molecule has 8 nitrogen and oxygen atoms in total. The fourth-order valence-corrected chi connectivity index (χ4v) is 6.81. The summed E-state index contributed by atoms with van der Waals surface area (Å²) in [7, 11) is 3.94. The van der Waals surface area contributed by atoms with Crippen molar-refractivity contribution in [3.63, 3.8) is 0 Å². The minimum absolute atomic E-state index is 0.170. The Kier molecular flexibility index (Phi) is 5.75. The van der Waals surface area contributed by atoms with Crippen LogP contribution in [0.1, 0.15) is 43.5 Å². The second-order valence-electron chi connectivity index (χ2n) is 11.5. The van der Waals surface area contributed by atoms with E-state index < -0.39 is 5.50 Å². The molecule has 3 saturated heterocycles. The SMILES string of the molecule is Cc1cc(N2CC3(CN(C(=O)C4CCN(C)C4)C3)C2)cc2c(N(C)C(=N)SC(C)F)c(C3CC3)nn12. The molecule has 194 valence electrons. The van der Waals surface area contributed by atoms with Gasteiger partial charge in [-0.3, -0.25) is 10.2 Å². The van der Waals surface area contributed by atoms with E-state index in [4.69, 9.17) is 10.5 Å². The van der Waals surface area contributed by atoms with Gasteiger partial charge in [0.05, 0.1) is 22.8 Å². The average Bonchev–Trinajstić information content (AvgIpc) is 3.40. The van der Waals surface area contributed by atoms with E-state index in [2.05, 4.69) is 40.8 Å². The van der Waals surface area contributed by atoms with Crippen molar-refractivity contribution in [3.05, 3.63) is 23.5 Å². The van der Waals surface area contributed by atoms with E-state index >= 15 is 0 Å². The predicted molar refractivity (Wildman–Crippen MR) is 143 cm³/mol. The van der Waals surface area contributed by atoms with Gasteiger partial charge in [-0.1, -0.05) is 11.8 Å². The van der Waals surface area contributed by atoms with Crippen molar-refractivity contribution in [2.24, 2.45) is 11.3 Å². The lowest BCUT2D eigenvalue weighted by atomic mass is 9.72. The normalized spacial score (nSPS) is 24.2. The van der Waals surface area contributed by atoms with Crippen LogP contribution in [0.5, 0.6) is 0 Å². The maximum Gasteiger partial charge on any atom is 0.227 e. The number of carbonyl (C=O) groups is 1. The van der Waals surface area contributed by atoms with Gasteiger partial charge in [0.2, 0.25) is 5.91 Å². The molecule has 4 fully saturated rings. The first-order chi connectivity index (χ1) is 17.1. The Morgan fingerprint density at radius 1 is 1.25 bits per heavy atom. The molecule has 0 aromatic carbocycles. The zero-order chi connectivity index (χ0) is 25.4. The van der Waals surface area contributed by atoms with Gasteiger partial charge in [0.1, 0.15) is 5.50 Å². The standard InChI is InChI=1S/C26H36FN7OS/c1-16-9-20(32-12-26(13-32)14-33(15-26)24(35)19-7-8-30(3)11-19)10-21-23(31(4)25(28)36-17(2)27)22(18-5-6-18)29-34(16)21/h9-10,17-19,28H,5-8,11-15H2,1-4H3. The molecule has 36 heavy (non-hydrogen) atoms. The summed E-state index contributed by atoms with van der Waals surface area (Å²) >= 11 is 0.923. The number of hydrogen-bond donors (Lipinski definition) is 1. The Bertz CT molecular complexity index is 1210. The summed E-state index contributed by atoms with van der Waals surface area (Å²) in [6.45, 7) is 9.09. The van der Waals surface area contributed by atoms with Crippen LogP contribution in [0.15, 0.2) is 12.1 Å². The molecule has 0 bridgehead atoms. The summed E-state index contributed by atoms with van der Waals surface area (Å²) in [5.41, 5.74) is 4.21. The molecule has 1 saturated carbocycles. The zero-order valence-electron chi connectivity index (χ0n) is 21.6. The third kappa shape index (κ3) is 4.06. The topological polar surface area (TPSA) is 71.2 Å². The van der Waals surface area contributed by atoms with E-state index in [9.17, 15) is 9.18 Å². The molecule has 1 N–H and O–H groups in total. The summed E-state index contributed by atoms with van der Waals surface area (Å²) in [6, 6.07) is 4.37. The zero-order valence-corrected chi connectivity index (χ0v) is 22.4. The smallest absolute Gasteiger partial charge is 0.227 e. The van der Waals surface area contributed by atoms with Gasteiger partial charge in [0.25, 0.3) is 0 Å². The van der Waals surface area contributed by atoms with Crippen molar-refractivity contribution in [2.45, 2.75) is 44.5 Å². The van der Waals surface area contributed by atoms with Crippen LogP contribution in [0.3, 0.4) is 0 Å². The van der Waals surface area contributed by atoms with Crippen LogP contribution in [-0.4, -0.2) is 89.4 Å². The number of thioether (sulfide) groups is 1. The Hall–Kier alpha value is -2.33. The van der Waals surface area contributed by atoms with E-state index in [1.165, 1.54) is 6.92 Å². The number of carbonyl (C=O) groups excluding carboxylic acids is 1. The number of fused-ring (bicyclic) bond motifs is 1. The van der Waals surface area contributed by atoms with Crippen molar-refractivity contribution in [2.75, 3.05) is 63.2 Å². The number of anilines is 2. The number of pyridine rings is 1. The van der Waals surface area contributed by atoms with Crippen LogP contribution < -0.4 is 9.80 Å². The van der Waals surface area contributed by atoms with Crippen LogP contribution >= 0.6 is 11.8 Å². The van der Waals surface area contributed by atoms with Crippen LogP contribution in [0.25, 0.3) is 5.52 Å². The van der Waals surface area contributed by atoms with Crippen molar-refractivity contribution in [3.8, 4) is 0 Å². The predicted octanol–water partition coefficient (Wildman–Crippen LogP) is 3.54. The first-order valence-corrected chi connectivity index (χ1v) is 13.9. The number of aryl methyl sites for hydroxylation is 1. The Morgan fingerprint density at radius 3 is 2.58 bits per heavy atom. The number of aromatic nitrogens is 2. The number of nitrogens with zero attached hydrogens (tertiary/aromatic N) is 6. The summed E-state index contributed by atoms with van der Waals surface area (Å²) < 4.78 is 15.6. The molecule has 4 aliphatic rings. The molecule has 2 aromatic heterocycles. The molecule has 10 heteroatoms. The Balaban J connectivity index is 1.20. The average molecular weight is 514 g/mol. The molecule has 1 amide bonds. The minimum Gasteiger partial charge on any atom is -0.370 e. The molecule has 6 rings (SSSR count). The highest BCUT2D eigenvalue weighted by atomic mass is 32.2. The highest BCUT2D eigenvalue weighted by Crippen LogP contribution is 2.47. The molecule has 2 atom stereocenters. The number of halogens is 1. The lowest BCUT2D eigenvalue weighted by Crippen LogP contribution is -2.73. The van der Waals surface area contributed by atoms with Gasteiger partial charge in [-0.15, -0.1) is 0 Å². The summed E-state index contributed by atoms with van der Waals surface area (Å²) in [6.07, 6.45) is 3.20. The van der Waals surface area contributed by atoms with Crippen LogP contribution in [-0.2, 0) is 4.79 Å². The lowest BCUT2D eigenvalue weighted by molar-refractivity contribution is -0.149. The maximum absolute atomic E-state index is 13.7. The molecule has 2 unspecified atom stereocenters. The molecule has 2 aromatic rings. The van der Waals surface area contributed by atoms with Crippen LogP contribution in [0, 0.1) is 23.7 Å². The van der Waals surface area contributed by atoms with Gasteiger partial charge in [-0.05, 0) is 58.8 Å². The van der Waals surface area contributed by atoms with Crippen LogP contribution in [0.4, 0.5) is 15.8 Å². The number of rotatable bonds is 5.